The maximum atomic E-state index is 10.8. The summed E-state index contributed by atoms with van der Waals surface area (Å²) in [6.07, 6.45) is 4.41. The van der Waals surface area contributed by atoms with Crippen LogP contribution in [-0.4, -0.2) is 49.2 Å². The van der Waals surface area contributed by atoms with Gasteiger partial charge in [-0.25, -0.2) is 5.06 Å². The summed E-state index contributed by atoms with van der Waals surface area (Å²) in [5.74, 6) is 0. The van der Waals surface area contributed by atoms with Crippen LogP contribution in [0.1, 0.15) is 28.2 Å². The summed E-state index contributed by atoms with van der Waals surface area (Å²) in [7, 11) is 2.03. The van der Waals surface area contributed by atoms with Crippen molar-refractivity contribution in [1.29, 1.82) is 0 Å². The Labute approximate surface area is 112 Å². The zero-order chi connectivity index (χ0) is 13.3. The van der Waals surface area contributed by atoms with Gasteiger partial charge in [-0.05, 0) is 14.0 Å². The molecule has 1 aliphatic rings. The zero-order valence-electron chi connectivity index (χ0n) is 11.3. The molecule has 18 heavy (non-hydrogen) atoms. The number of carbonyl (C=O) groups is 1. The minimum atomic E-state index is 0. The van der Waals surface area contributed by atoms with Gasteiger partial charge < -0.3 is 0 Å². The van der Waals surface area contributed by atoms with E-state index in [1.54, 1.807) is 6.08 Å². The molecule has 0 saturated carbocycles. The van der Waals surface area contributed by atoms with Crippen molar-refractivity contribution < 1.29 is 9.63 Å². The fraction of sp³-hybridized carbons (Fsp3) is 0.643. The number of hydrogen-bond acceptors (Lipinski definition) is 3. The predicted molar refractivity (Wildman–Crippen MR) is 77.2 cm³/mol. The first-order chi connectivity index (χ1) is 8.17. The quantitative estimate of drug-likeness (QED) is 0.430. The van der Waals surface area contributed by atoms with Crippen LogP contribution in [0, 0.1) is 0 Å². The molecule has 4 heteroatoms. The Morgan fingerprint density at radius 3 is 2.67 bits per heavy atom. The molecule has 0 fully saturated rings. The van der Waals surface area contributed by atoms with Gasteiger partial charge in [-0.2, -0.15) is 0 Å². The van der Waals surface area contributed by atoms with Gasteiger partial charge in [0.2, 0.25) is 6.41 Å². The molecule has 0 aromatic heterocycles. The van der Waals surface area contributed by atoms with Crippen LogP contribution in [0.5, 0.6) is 0 Å². The van der Waals surface area contributed by atoms with Gasteiger partial charge >= 0.3 is 0 Å². The van der Waals surface area contributed by atoms with E-state index in [9.17, 15) is 4.79 Å². The van der Waals surface area contributed by atoms with E-state index in [1.807, 2.05) is 20.9 Å². The van der Waals surface area contributed by atoms with Gasteiger partial charge in [0.1, 0.15) is 0 Å². The molecule has 0 N–H and O–H groups in total. The molecule has 1 atom stereocenters. The van der Waals surface area contributed by atoms with E-state index in [1.165, 1.54) is 10.6 Å². The predicted octanol–water partition coefficient (Wildman–Crippen LogP) is 2.49. The van der Waals surface area contributed by atoms with Crippen molar-refractivity contribution in [2.75, 3.05) is 26.7 Å². The molecule has 4 nitrogen and oxygen atoms in total. The molecule has 1 unspecified atom stereocenters. The van der Waals surface area contributed by atoms with Crippen molar-refractivity contribution in [3.05, 3.63) is 24.3 Å². The molecule has 1 rings (SSSR count). The number of amides is 1. The Morgan fingerprint density at radius 1 is 1.61 bits per heavy atom. The number of hydrogen-bond donors (Lipinski definition) is 0. The smallest absolute Gasteiger partial charge is 0.233 e. The van der Waals surface area contributed by atoms with Crippen LogP contribution < -0.4 is 0 Å². The highest BCUT2D eigenvalue weighted by atomic mass is 16.7. The molecule has 0 saturated heterocycles. The third-order valence-corrected chi connectivity index (χ3v) is 2.27. The van der Waals surface area contributed by atoms with Crippen LogP contribution in [-0.2, 0) is 9.63 Å². The Kier molecular flexibility index (Phi) is 11.7. The number of likely N-dealkylation sites (N-methyl/N-ethyl adjacent to an activating group) is 1. The van der Waals surface area contributed by atoms with Gasteiger partial charge in [0.25, 0.3) is 0 Å². The van der Waals surface area contributed by atoms with E-state index in [0.29, 0.717) is 6.61 Å². The summed E-state index contributed by atoms with van der Waals surface area (Å²) in [5.41, 5.74) is 1.25. The molecule has 0 radical (unpaired) electrons. The number of carbonyl (C=O) groups excluding carboxylic acids is 1. The third-order valence-electron chi connectivity index (χ3n) is 2.27. The minimum Gasteiger partial charge on any atom is -0.300 e. The summed E-state index contributed by atoms with van der Waals surface area (Å²) >= 11 is 0. The van der Waals surface area contributed by atoms with Gasteiger partial charge in [-0.3, -0.25) is 14.5 Å². The van der Waals surface area contributed by atoms with Gasteiger partial charge in [-0.15, -0.1) is 6.58 Å². The second-order valence-electron chi connectivity index (χ2n) is 3.83. The van der Waals surface area contributed by atoms with Gasteiger partial charge in [0, 0.05) is 13.1 Å². The molecule has 0 spiro atoms. The number of nitrogens with zero attached hydrogens (tertiary/aromatic N) is 2. The molecular formula is C14H28N2O2. The van der Waals surface area contributed by atoms with Crippen LogP contribution in [0.25, 0.3) is 0 Å². The molecule has 106 valence electrons. The third kappa shape index (κ3) is 6.57. The van der Waals surface area contributed by atoms with E-state index >= 15 is 0 Å². The van der Waals surface area contributed by atoms with Gasteiger partial charge in [0.05, 0.1) is 12.6 Å². The second-order valence-corrected chi connectivity index (χ2v) is 3.83. The minimum absolute atomic E-state index is 0. The lowest BCUT2D eigenvalue weighted by molar-refractivity contribution is -0.177. The average Bonchev–Trinajstić information content (AvgIpc) is 2.31. The van der Waals surface area contributed by atoms with Crippen molar-refractivity contribution in [2.24, 2.45) is 0 Å². The van der Waals surface area contributed by atoms with Crippen LogP contribution >= 0.6 is 0 Å². The van der Waals surface area contributed by atoms with Crippen LogP contribution in [0.3, 0.4) is 0 Å². The first-order valence-electron chi connectivity index (χ1n) is 6.00. The normalized spacial score (nSPS) is 18.7. The largest absolute Gasteiger partial charge is 0.300 e. The van der Waals surface area contributed by atoms with E-state index in [0.717, 1.165) is 19.5 Å². The average molecular weight is 256 g/mol. The zero-order valence-corrected chi connectivity index (χ0v) is 11.3. The molecular weight excluding hydrogens is 228 g/mol. The summed E-state index contributed by atoms with van der Waals surface area (Å²) in [6, 6.07) is 0.00111. The van der Waals surface area contributed by atoms with E-state index in [4.69, 9.17) is 4.84 Å². The standard InChI is InChI=1S/C11H18N2O2.C2H6.CH4/c1-4-5-15-13(9-14)11-6-10(2)7-12(3)8-11;1-2;/h4,6,9,11H,1,5,7-8H2,2-3H3;1-2H3;1H4. The van der Waals surface area contributed by atoms with Gasteiger partial charge in [0.15, 0.2) is 0 Å². The molecule has 0 aromatic rings. The maximum absolute atomic E-state index is 10.8. The van der Waals surface area contributed by atoms with Crippen LogP contribution in [0.4, 0.5) is 0 Å². The highest BCUT2D eigenvalue weighted by molar-refractivity contribution is 5.47. The summed E-state index contributed by atoms with van der Waals surface area (Å²) < 4.78 is 0. The molecule has 1 amide bonds. The van der Waals surface area contributed by atoms with E-state index in [2.05, 4.69) is 24.5 Å². The topological polar surface area (TPSA) is 32.8 Å². The molecule has 1 heterocycles. The molecule has 0 aliphatic carbocycles. The highest BCUT2D eigenvalue weighted by Crippen LogP contribution is 2.12. The fourth-order valence-corrected chi connectivity index (χ4v) is 1.74. The Hall–Kier alpha value is -1.13. The van der Waals surface area contributed by atoms with Crippen molar-refractivity contribution in [3.8, 4) is 0 Å². The molecule has 0 aromatic carbocycles. The lowest BCUT2D eigenvalue weighted by atomic mass is 10.1. The first-order valence-corrected chi connectivity index (χ1v) is 6.00. The van der Waals surface area contributed by atoms with Crippen LogP contribution in [0.15, 0.2) is 24.3 Å². The van der Waals surface area contributed by atoms with Crippen molar-refractivity contribution in [2.45, 2.75) is 34.2 Å². The SMILES string of the molecule is C.C=CCON(C=O)C1C=C(C)CN(C)C1.CC. The summed E-state index contributed by atoms with van der Waals surface area (Å²) in [4.78, 5) is 18.3. The van der Waals surface area contributed by atoms with Crippen molar-refractivity contribution in [1.82, 2.24) is 9.96 Å². The van der Waals surface area contributed by atoms with Gasteiger partial charge in [-0.1, -0.05) is 39.0 Å². The summed E-state index contributed by atoms with van der Waals surface area (Å²) in [5, 5.41) is 1.35. The van der Waals surface area contributed by atoms with Crippen LogP contribution in [0.2, 0.25) is 0 Å². The number of rotatable bonds is 5. The van der Waals surface area contributed by atoms with Crippen molar-refractivity contribution in [3.63, 3.8) is 0 Å². The number of hydroxylamine groups is 2. The van der Waals surface area contributed by atoms with Crippen molar-refractivity contribution >= 4 is 6.41 Å². The lowest BCUT2D eigenvalue weighted by Crippen LogP contribution is -2.44. The first kappa shape index (κ1) is 19.2. The summed E-state index contributed by atoms with van der Waals surface area (Å²) in [6.45, 7) is 11.7. The Bertz CT molecular complexity index is 265. The fourth-order valence-electron chi connectivity index (χ4n) is 1.74. The van der Waals surface area contributed by atoms with E-state index < -0.39 is 0 Å². The maximum Gasteiger partial charge on any atom is 0.233 e. The Balaban J connectivity index is 0. The molecule has 1 aliphatic heterocycles. The second kappa shape index (κ2) is 11.0. The lowest BCUT2D eigenvalue weighted by Gasteiger charge is -2.32. The van der Waals surface area contributed by atoms with E-state index in [-0.39, 0.29) is 13.5 Å². The Morgan fingerprint density at radius 2 is 2.22 bits per heavy atom. The monoisotopic (exact) mass is 256 g/mol. The molecule has 0 bridgehead atoms. The highest BCUT2D eigenvalue weighted by Gasteiger charge is 2.21.